The molecule has 2 aromatic heterocycles. The van der Waals surface area contributed by atoms with Crippen LogP contribution in [0, 0.1) is 6.92 Å². The van der Waals surface area contributed by atoms with E-state index in [0.29, 0.717) is 36.0 Å². The van der Waals surface area contributed by atoms with Gasteiger partial charge < -0.3 is 5.32 Å². The molecule has 0 bridgehead atoms. The van der Waals surface area contributed by atoms with Gasteiger partial charge in [-0.25, -0.2) is 0 Å². The van der Waals surface area contributed by atoms with Crippen molar-refractivity contribution in [3.63, 3.8) is 0 Å². The minimum Gasteiger partial charge on any atom is -0.349 e. The Morgan fingerprint density at radius 3 is 2.95 bits per heavy atom. The van der Waals surface area contributed by atoms with Gasteiger partial charge in [-0.3, -0.25) is 14.2 Å². The van der Waals surface area contributed by atoms with Crippen molar-refractivity contribution < 1.29 is 4.79 Å². The maximum absolute atomic E-state index is 12.1. The Bertz CT molecular complexity index is 561. The number of rotatable bonds is 5. The molecule has 0 aliphatic rings. The molecular formula is C12H16ClN5O. The number of carbonyl (C=O) groups excluding carboxylic acids is 1. The number of amides is 1. The van der Waals surface area contributed by atoms with Crippen LogP contribution in [0.2, 0.25) is 5.02 Å². The van der Waals surface area contributed by atoms with Crippen molar-refractivity contribution in [1.29, 1.82) is 0 Å². The first-order valence-corrected chi connectivity index (χ1v) is 6.49. The van der Waals surface area contributed by atoms with Crippen LogP contribution in [0.25, 0.3) is 0 Å². The highest BCUT2D eigenvalue weighted by Crippen LogP contribution is 2.19. The number of halogens is 1. The van der Waals surface area contributed by atoms with Gasteiger partial charge in [0.05, 0.1) is 17.3 Å². The van der Waals surface area contributed by atoms with Crippen LogP contribution in [0.5, 0.6) is 0 Å². The van der Waals surface area contributed by atoms with Gasteiger partial charge >= 0.3 is 0 Å². The first-order valence-electron chi connectivity index (χ1n) is 6.12. The molecule has 2 rings (SSSR count). The molecule has 19 heavy (non-hydrogen) atoms. The predicted molar refractivity (Wildman–Crippen MR) is 72.2 cm³/mol. The van der Waals surface area contributed by atoms with Crippen molar-refractivity contribution in [2.75, 3.05) is 6.54 Å². The molecule has 0 spiro atoms. The number of aromatic nitrogens is 4. The highest BCUT2D eigenvalue weighted by molar-refractivity contribution is 6.34. The summed E-state index contributed by atoms with van der Waals surface area (Å²) < 4.78 is 3.37. The van der Waals surface area contributed by atoms with E-state index in [2.05, 4.69) is 15.5 Å². The average molecular weight is 282 g/mol. The molecule has 2 heterocycles. The van der Waals surface area contributed by atoms with E-state index in [1.54, 1.807) is 22.5 Å². The molecule has 0 saturated heterocycles. The first-order chi connectivity index (χ1) is 9.13. The van der Waals surface area contributed by atoms with Gasteiger partial charge in [-0.2, -0.15) is 10.2 Å². The lowest BCUT2D eigenvalue weighted by atomic mass is 10.3. The van der Waals surface area contributed by atoms with E-state index in [9.17, 15) is 4.79 Å². The second-order valence-corrected chi connectivity index (χ2v) is 4.47. The number of carbonyl (C=O) groups is 1. The number of hydrogen-bond acceptors (Lipinski definition) is 3. The fourth-order valence-electron chi connectivity index (χ4n) is 1.81. The average Bonchev–Trinajstić information content (AvgIpc) is 2.99. The zero-order chi connectivity index (χ0) is 13.8. The summed E-state index contributed by atoms with van der Waals surface area (Å²) in [6.45, 7) is 5.42. The van der Waals surface area contributed by atoms with E-state index in [1.165, 1.54) is 0 Å². The lowest BCUT2D eigenvalue weighted by Crippen LogP contribution is -2.29. The lowest BCUT2D eigenvalue weighted by Gasteiger charge is -2.07. The quantitative estimate of drug-likeness (QED) is 0.903. The van der Waals surface area contributed by atoms with Crippen LogP contribution in [0.1, 0.15) is 23.1 Å². The normalized spacial score (nSPS) is 10.7. The lowest BCUT2D eigenvalue weighted by molar-refractivity contribution is 0.0941. The summed E-state index contributed by atoms with van der Waals surface area (Å²) in [4.78, 5) is 12.1. The van der Waals surface area contributed by atoms with Gasteiger partial charge in [-0.05, 0) is 19.9 Å². The van der Waals surface area contributed by atoms with Crippen LogP contribution in [0.3, 0.4) is 0 Å². The Labute approximate surface area is 116 Å². The van der Waals surface area contributed by atoms with Gasteiger partial charge in [0, 0.05) is 25.5 Å². The van der Waals surface area contributed by atoms with Crippen molar-refractivity contribution in [3.8, 4) is 0 Å². The Morgan fingerprint density at radius 2 is 2.32 bits per heavy atom. The number of nitrogens with zero attached hydrogens (tertiary/aromatic N) is 4. The van der Waals surface area contributed by atoms with Crippen LogP contribution < -0.4 is 5.32 Å². The smallest absolute Gasteiger partial charge is 0.271 e. The standard InChI is InChI=1S/C12H16ClN5O/c1-3-18-11(10(13)9(2)16-18)12(19)14-6-8-17-7-4-5-15-17/h4-5,7H,3,6,8H2,1-2H3,(H,14,19). The predicted octanol–water partition coefficient (Wildman–Crippen LogP) is 1.49. The van der Waals surface area contributed by atoms with E-state index in [-0.39, 0.29) is 5.91 Å². The van der Waals surface area contributed by atoms with Gasteiger partial charge in [-0.1, -0.05) is 11.6 Å². The third-order valence-electron chi connectivity index (χ3n) is 2.75. The number of nitrogens with one attached hydrogen (secondary N) is 1. The summed E-state index contributed by atoms with van der Waals surface area (Å²) in [6.07, 6.45) is 3.55. The minimum atomic E-state index is -0.209. The molecule has 6 nitrogen and oxygen atoms in total. The molecule has 0 aromatic carbocycles. The molecule has 102 valence electrons. The SMILES string of the molecule is CCn1nc(C)c(Cl)c1C(=O)NCCn1cccn1. The van der Waals surface area contributed by atoms with Gasteiger partial charge in [-0.15, -0.1) is 0 Å². The second-order valence-electron chi connectivity index (χ2n) is 4.09. The highest BCUT2D eigenvalue weighted by atomic mass is 35.5. The summed E-state index contributed by atoms with van der Waals surface area (Å²) in [5.41, 5.74) is 1.09. The van der Waals surface area contributed by atoms with Crippen LogP contribution in [-0.4, -0.2) is 32.0 Å². The molecule has 0 unspecified atom stereocenters. The third kappa shape index (κ3) is 2.96. The molecule has 0 saturated carbocycles. The summed E-state index contributed by atoms with van der Waals surface area (Å²) in [6, 6.07) is 1.84. The minimum absolute atomic E-state index is 0.209. The van der Waals surface area contributed by atoms with Crippen molar-refractivity contribution >= 4 is 17.5 Å². The summed E-state index contributed by atoms with van der Waals surface area (Å²) in [5.74, 6) is -0.209. The largest absolute Gasteiger partial charge is 0.349 e. The van der Waals surface area contributed by atoms with E-state index < -0.39 is 0 Å². The highest BCUT2D eigenvalue weighted by Gasteiger charge is 2.19. The van der Waals surface area contributed by atoms with Crippen molar-refractivity contribution in [2.24, 2.45) is 0 Å². The first kappa shape index (κ1) is 13.6. The fourth-order valence-corrected chi connectivity index (χ4v) is 2.03. The second kappa shape index (κ2) is 5.88. The van der Waals surface area contributed by atoms with Crippen molar-refractivity contribution in [1.82, 2.24) is 24.9 Å². The molecule has 7 heteroatoms. The number of aryl methyl sites for hydroxylation is 2. The van der Waals surface area contributed by atoms with Crippen molar-refractivity contribution in [2.45, 2.75) is 26.9 Å². The zero-order valence-corrected chi connectivity index (χ0v) is 11.7. The Morgan fingerprint density at radius 1 is 1.53 bits per heavy atom. The van der Waals surface area contributed by atoms with Crippen LogP contribution >= 0.6 is 11.6 Å². The molecule has 0 fully saturated rings. The molecule has 0 radical (unpaired) electrons. The summed E-state index contributed by atoms with van der Waals surface area (Å²) >= 11 is 6.10. The Balaban J connectivity index is 2.00. The molecule has 0 atom stereocenters. The van der Waals surface area contributed by atoms with Crippen LogP contribution in [0.15, 0.2) is 18.5 Å². The Kier molecular flexibility index (Phi) is 4.21. The summed E-state index contributed by atoms with van der Waals surface area (Å²) in [7, 11) is 0. The maximum Gasteiger partial charge on any atom is 0.271 e. The van der Waals surface area contributed by atoms with E-state index in [0.717, 1.165) is 0 Å². The summed E-state index contributed by atoms with van der Waals surface area (Å²) in [5, 5.41) is 11.5. The maximum atomic E-state index is 12.1. The number of hydrogen-bond donors (Lipinski definition) is 1. The third-order valence-corrected chi connectivity index (χ3v) is 3.21. The van der Waals surface area contributed by atoms with Crippen molar-refractivity contribution in [3.05, 3.63) is 34.9 Å². The van der Waals surface area contributed by atoms with E-state index >= 15 is 0 Å². The molecular weight excluding hydrogens is 266 g/mol. The van der Waals surface area contributed by atoms with Crippen LogP contribution in [0.4, 0.5) is 0 Å². The molecule has 0 aliphatic carbocycles. The topological polar surface area (TPSA) is 64.7 Å². The molecule has 2 aromatic rings. The molecule has 0 aliphatic heterocycles. The van der Waals surface area contributed by atoms with E-state index in [1.807, 2.05) is 19.2 Å². The monoisotopic (exact) mass is 281 g/mol. The van der Waals surface area contributed by atoms with E-state index in [4.69, 9.17) is 11.6 Å². The van der Waals surface area contributed by atoms with Gasteiger partial charge in [0.2, 0.25) is 0 Å². The van der Waals surface area contributed by atoms with Gasteiger partial charge in [0.25, 0.3) is 5.91 Å². The van der Waals surface area contributed by atoms with Gasteiger partial charge in [0.15, 0.2) is 0 Å². The Hall–Kier alpha value is -1.82. The molecule has 1 amide bonds. The van der Waals surface area contributed by atoms with Crippen LogP contribution in [-0.2, 0) is 13.1 Å². The zero-order valence-electron chi connectivity index (χ0n) is 10.9. The molecule has 1 N–H and O–H groups in total. The van der Waals surface area contributed by atoms with Gasteiger partial charge in [0.1, 0.15) is 5.69 Å². The fraction of sp³-hybridized carbons (Fsp3) is 0.417.